The topological polar surface area (TPSA) is 89.2 Å². The van der Waals surface area contributed by atoms with Crippen molar-refractivity contribution in [2.75, 3.05) is 0 Å². The van der Waals surface area contributed by atoms with Gasteiger partial charge in [-0.2, -0.15) is 5.10 Å². The fourth-order valence-corrected chi connectivity index (χ4v) is 2.74. The molecule has 2 amide bonds. The smallest absolute Gasteiger partial charge is 0.287 e. The quantitative estimate of drug-likeness (QED) is 0.712. The van der Waals surface area contributed by atoms with E-state index in [-0.39, 0.29) is 17.7 Å². The molecule has 2 N–H and O–H groups in total. The van der Waals surface area contributed by atoms with Gasteiger partial charge in [-0.25, -0.2) is 0 Å². The summed E-state index contributed by atoms with van der Waals surface area (Å²) in [6.07, 6.45) is 1.41. The number of hydrogen-bond acceptors (Lipinski definition) is 4. The molecule has 1 aromatic carbocycles. The van der Waals surface area contributed by atoms with Gasteiger partial charge in [0, 0.05) is 11.4 Å². The van der Waals surface area contributed by atoms with Crippen molar-refractivity contribution in [3.63, 3.8) is 0 Å². The Morgan fingerprint density at radius 3 is 2.62 bits per heavy atom. The van der Waals surface area contributed by atoms with Gasteiger partial charge in [-0.15, -0.1) is 0 Å². The van der Waals surface area contributed by atoms with E-state index in [0.29, 0.717) is 6.54 Å². The number of carbonyl (C=O) groups excluding carboxylic acids is 2. The maximum Gasteiger partial charge on any atom is 0.287 e. The molecule has 0 saturated carbocycles. The zero-order chi connectivity index (χ0) is 18.7. The molecule has 7 heteroatoms. The van der Waals surface area contributed by atoms with Crippen molar-refractivity contribution in [2.24, 2.45) is 0 Å². The lowest BCUT2D eigenvalue weighted by atomic mass is 10.2. The normalized spacial score (nSPS) is 12.3. The Morgan fingerprint density at radius 1 is 1.15 bits per heavy atom. The molecule has 26 heavy (non-hydrogen) atoms. The van der Waals surface area contributed by atoms with E-state index in [1.165, 1.54) is 6.26 Å². The first-order valence-corrected chi connectivity index (χ1v) is 8.55. The molecular formula is C19H22N4O3. The van der Waals surface area contributed by atoms with Crippen LogP contribution in [0.2, 0.25) is 0 Å². The first-order valence-electron chi connectivity index (χ1n) is 8.55. The summed E-state index contributed by atoms with van der Waals surface area (Å²) in [5.41, 5.74) is 1.83. The maximum atomic E-state index is 12.3. The summed E-state index contributed by atoms with van der Waals surface area (Å²) in [5, 5.41) is 11.1. The van der Waals surface area contributed by atoms with Crippen molar-refractivity contribution in [3.8, 4) is 0 Å². The highest BCUT2D eigenvalue weighted by Gasteiger charge is 2.19. The van der Waals surface area contributed by atoms with E-state index >= 15 is 0 Å². The number of carbonyl (C=O) groups is 2. The Hall–Kier alpha value is -3.09. The predicted molar refractivity (Wildman–Crippen MR) is 97.6 cm³/mol. The van der Waals surface area contributed by atoms with Gasteiger partial charge in [-0.05, 0) is 39.0 Å². The number of nitrogens with zero attached hydrogens (tertiary/aromatic N) is 2. The maximum absolute atomic E-state index is 12.3. The average molecular weight is 354 g/mol. The third-order valence-electron chi connectivity index (χ3n) is 4.10. The molecule has 0 aliphatic rings. The van der Waals surface area contributed by atoms with Gasteiger partial charge < -0.3 is 15.1 Å². The number of rotatable bonds is 6. The summed E-state index contributed by atoms with van der Waals surface area (Å²) in [6.45, 7) is 6.04. The van der Waals surface area contributed by atoms with Crippen molar-refractivity contribution in [1.82, 2.24) is 20.4 Å². The summed E-state index contributed by atoms with van der Waals surface area (Å²) < 4.78 is 6.97. The molecule has 3 rings (SSSR count). The minimum absolute atomic E-state index is 0.173. The van der Waals surface area contributed by atoms with E-state index in [0.717, 1.165) is 16.6 Å². The van der Waals surface area contributed by atoms with Crippen LogP contribution in [0.4, 0.5) is 0 Å². The molecule has 0 aliphatic heterocycles. The number of aromatic nitrogens is 2. The first-order chi connectivity index (χ1) is 12.5. The Bertz CT molecular complexity index is 912. The zero-order valence-electron chi connectivity index (χ0n) is 15.0. The van der Waals surface area contributed by atoms with Crippen molar-refractivity contribution < 1.29 is 14.0 Å². The Morgan fingerprint density at radius 2 is 1.92 bits per heavy atom. The van der Waals surface area contributed by atoms with E-state index in [9.17, 15) is 9.59 Å². The third kappa shape index (κ3) is 3.61. The lowest BCUT2D eigenvalue weighted by molar-refractivity contribution is -0.122. The van der Waals surface area contributed by atoms with Gasteiger partial charge in [0.1, 0.15) is 6.04 Å². The molecule has 7 nitrogen and oxygen atoms in total. The highest BCUT2D eigenvalue weighted by molar-refractivity contribution is 5.95. The Kier molecular flexibility index (Phi) is 5.06. The molecule has 136 valence electrons. The van der Waals surface area contributed by atoms with Crippen LogP contribution in [0.15, 0.2) is 47.1 Å². The number of benzene rings is 1. The molecule has 1 unspecified atom stereocenters. The van der Waals surface area contributed by atoms with E-state index in [2.05, 4.69) is 29.6 Å². The Labute approximate surface area is 151 Å². The van der Waals surface area contributed by atoms with Crippen molar-refractivity contribution in [2.45, 2.75) is 39.4 Å². The molecule has 0 saturated heterocycles. The zero-order valence-corrected chi connectivity index (χ0v) is 15.0. The van der Waals surface area contributed by atoms with Gasteiger partial charge in [-0.3, -0.25) is 14.3 Å². The minimum atomic E-state index is -0.689. The lowest BCUT2D eigenvalue weighted by Gasteiger charge is -2.12. The number of fused-ring (bicyclic) bond motifs is 1. The van der Waals surface area contributed by atoms with Crippen molar-refractivity contribution in [3.05, 3.63) is 54.1 Å². The Balaban J connectivity index is 1.66. The van der Waals surface area contributed by atoms with E-state index in [1.54, 1.807) is 19.1 Å². The molecular weight excluding hydrogens is 332 g/mol. The highest BCUT2D eigenvalue weighted by Crippen LogP contribution is 2.21. The van der Waals surface area contributed by atoms with Crippen LogP contribution >= 0.6 is 0 Å². The SMILES string of the molecule is CC(NC(=O)c1ccco1)C(=O)NCc1nn(C(C)C)c2ccccc12. The van der Waals surface area contributed by atoms with Crippen LogP contribution < -0.4 is 10.6 Å². The number of amides is 2. The lowest BCUT2D eigenvalue weighted by Crippen LogP contribution is -2.44. The van der Waals surface area contributed by atoms with Crippen molar-refractivity contribution in [1.29, 1.82) is 0 Å². The number of nitrogens with one attached hydrogen (secondary N) is 2. The first kappa shape index (κ1) is 17.7. The van der Waals surface area contributed by atoms with Crippen LogP contribution in [0.5, 0.6) is 0 Å². The number of furan rings is 1. The second-order valence-corrected chi connectivity index (χ2v) is 6.39. The van der Waals surface area contributed by atoms with Crippen LogP contribution in [-0.4, -0.2) is 27.6 Å². The van der Waals surface area contributed by atoms with Gasteiger partial charge in [0.25, 0.3) is 5.91 Å². The van der Waals surface area contributed by atoms with E-state index < -0.39 is 11.9 Å². The fraction of sp³-hybridized carbons (Fsp3) is 0.316. The molecule has 0 radical (unpaired) electrons. The van der Waals surface area contributed by atoms with Crippen LogP contribution in [0.25, 0.3) is 10.9 Å². The van der Waals surface area contributed by atoms with Crippen LogP contribution in [0, 0.1) is 0 Å². The van der Waals surface area contributed by atoms with Gasteiger partial charge in [-0.1, -0.05) is 18.2 Å². The highest BCUT2D eigenvalue weighted by atomic mass is 16.3. The van der Waals surface area contributed by atoms with Gasteiger partial charge >= 0.3 is 0 Å². The summed E-state index contributed by atoms with van der Waals surface area (Å²) >= 11 is 0. The second-order valence-electron chi connectivity index (χ2n) is 6.39. The number of hydrogen-bond donors (Lipinski definition) is 2. The van der Waals surface area contributed by atoms with E-state index in [4.69, 9.17) is 4.42 Å². The molecule has 0 bridgehead atoms. The molecule has 0 fully saturated rings. The molecule has 1 atom stereocenters. The van der Waals surface area contributed by atoms with Crippen LogP contribution in [0.3, 0.4) is 0 Å². The molecule has 2 heterocycles. The molecule has 2 aromatic heterocycles. The summed E-state index contributed by atoms with van der Waals surface area (Å²) in [5.74, 6) is -0.536. The van der Waals surface area contributed by atoms with Crippen LogP contribution in [-0.2, 0) is 11.3 Å². The van der Waals surface area contributed by atoms with Crippen molar-refractivity contribution >= 4 is 22.7 Å². The molecule has 0 aliphatic carbocycles. The minimum Gasteiger partial charge on any atom is -0.459 e. The average Bonchev–Trinajstić information content (AvgIpc) is 3.27. The molecule has 0 spiro atoms. The van der Waals surface area contributed by atoms with Gasteiger partial charge in [0.15, 0.2) is 5.76 Å². The van der Waals surface area contributed by atoms with Gasteiger partial charge in [0.05, 0.1) is 24.0 Å². The predicted octanol–water partition coefficient (Wildman–Crippen LogP) is 2.64. The summed E-state index contributed by atoms with van der Waals surface area (Å²) in [6, 6.07) is 10.6. The van der Waals surface area contributed by atoms with Crippen LogP contribution in [0.1, 0.15) is 43.1 Å². The van der Waals surface area contributed by atoms with E-state index in [1.807, 2.05) is 28.9 Å². The summed E-state index contributed by atoms with van der Waals surface area (Å²) in [4.78, 5) is 24.3. The summed E-state index contributed by atoms with van der Waals surface area (Å²) in [7, 11) is 0. The molecule has 3 aromatic rings. The second kappa shape index (κ2) is 7.43. The standard InChI is InChI=1S/C19H22N4O3/c1-12(2)23-16-8-5-4-7-14(16)15(22-23)11-20-18(24)13(3)21-19(25)17-9-6-10-26-17/h4-10,12-13H,11H2,1-3H3,(H,20,24)(H,21,25). The fourth-order valence-electron chi connectivity index (χ4n) is 2.74. The number of para-hydroxylation sites is 1. The largest absolute Gasteiger partial charge is 0.459 e. The third-order valence-corrected chi connectivity index (χ3v) is 4.10. The van der Waals surface area contributed by atoms with Gasteiger partial charge in [0.2, 0.25) is 5.91 Å². The monoisotopic (exact) mass is 354 g/mol.